The molecule has 0 bridgehead atoms. The second-order valence-electron chi connectivity index (χ2n) is 5.80. The maximum atomic E-state index is 12.7. The largest absolute Gasteiger partial charge is 0.337 e. The van der Waals surface area contributed by atoms with Crippen LogP contribution in [0.1, 0.15) is 25.6 Å². The second kappa shape index (κ2) is 8.17. The molecule has 2 aromatic carbocycles. The molecule has 3 aromatic rings. The molecule has 0 fully saturated rings. The van der Waals surface area contributed by atoms with Crippen LogP contribution in [0.2, 0.25) is 5.02 Å². The molecule has 1 N–H and O–H groups in total. The van der Waals surface area contributed by atoms with Crippen LogP contribution < -0.4 is 5.32 Å². The van der Waals surface area contributed by atoms with Crippen LogP contribution in [0, 0.1) is 0 Å². The molecule has 0 unspecified atom stereocenters. The fourth-order valence-electron chi connectivity index (χ4n) is 2.53. The quantitative estimate of drug-likeness (QED) is 0.678. The summed E-state index contributed by atoms with van der Waals surface area (Å²) in [7, 11) is 1.74. The van der Waals surface area contributed by atoms with Crippen molar-refractivity contribution in [1.29, 1.82) is 0 Å². The van der Waals surface area contributed by atoms with E-state index in [1.807, 2.05) is 29.6 Å². The summed E-state index contributed by atoms with van der Waals surface area (Å²) in [4.78, 5) is 27.1. The van der Waals surface area contributed by atoms with Gasteiger partial charge in [-0.15, -0.1) is 11.3 Å². The van der Waals surface area contributed by atoms with E-state index >= 15 is 0 Å². The minimum atomic E-state index is -0.183. The van der Waals surface area contributed by atoms with Gasteiger partial charge in [0, 0.05) is 29.9 Å². The van der Waals surface area contributed by atoms with Gasteiger partial charge in [0.25, 0.3) is 11.8 Å². The summed E-state index contributed by atoms with van der Waals surface area (Å²) in [5, 5.41) is 5.31. The molecular weight excluding hydrogens is 368 g/mol. The van der Waals surface area contributed by atoms with Crippen molar-refractivity contribution in [2.24, 2.45) is 0 Å². The van der Waals surface area contributed by atoms with Gasteiger partial charge in [0.1, 0.15) is 0 Å². The zero-order chi connectivity index (χ0) is 18.5. The normalized spacial score (nSPS) is 10.4. The number of nitrogens with one attached hydrogen (secondary N) is 1. The van der Waals surface area contributed by atoms with Crippen LogP contribution >= 0.6 is 22.9 Å². The van der Waals surface area contributed by atoms with Crippen molar-refractivity contribution in [3.63, 3.8) is 0 Å². The topological polar surface area (TPSA) is 49.4 Å². The third-order valence-electron chi connectivity index (χ3n) is 3.77. The van der Waals surface area contributed by atoms with Crippen molar-refractivity contribution in [2.45, 2.75) is 6.54 Å². The number of halogens is 1. The lowest BCUT2D eigenvalue weighted by atomic mass is 10.1. The van der Waals surface area contributed by atoms with Gasteiger partial charge in [-0.1, -0.05) is 35.9 Å². The standard InChI is InChI=1S/C20H17ClN2O2S/c1-23(13-14-5-2-7-16(21)11-14)20(25)15-6-3-8-17(12-15)22-19(24)18-9-4-10-26-18/h2-12H,13H2,1H3,(H,22,24). The number of rotatable bonds is 5. The van der Waals surface area contributed by atoms with E-state index in [4.69, 9.17) is 11.6 Å². The highest BCUT2D eigenvalue weighted by Crippen LogP contribution is 2.17. The van der Waals surface area contributed by atoms with Crippen molar-refractivity contribution in [1.82, 2.24) is 4.90 Å². The molecule has 3 rings (SSSR count). The van der Waals surface area contributed by atoms with E-state index in [1.165, 1.54) is 11.3 Å². The van der Waals surface area contributed by atoms with E-state index in [0.717, 1.165) is 5.56 Å². The summed E-state index contributed by atoms with van der Waals surface area (Å²) in [5.74, 6) is -0.311. The molecule has 132 valence electrons. The molecule has 0 aliphatic rings. The van der Waals surface area contributed by atoms with Crippen molar-refractivity contribution < 1.29 is 9.59 Å². The first-order valence-electron chi connectivity index (χ1n) is 7.98. The number of nitrogens with zero attached hydrogens (tertiary/aromatic N) is 1. The van der Waals surface area contributed by atoms with Crippen LogP contribution in [0.15, 0.2) is 66.0 Å². The second-order valence-corrected chi connectivity index (χ2v) is 7.19. The Morgan fingerprint density at radius 2 is 1.88 bits per heavy atom. The summed E-state index contributed by atoms with van der Waals surface area (Å²) in [6, 6.07) is 17.9. The van der Waals surface area contributed by atoms with Crippen LogP contribution in [0.3, 0.4) is 0 Å². The lowest BCUT2D eigenvalue weighted by molar-refractivity contribution is 0.0784. The number of carbonyl (C=O) groups is 2. The van der Waals surface area contributed by atoms with Crippen molar-refractivity contribution in [3.8, 4) is 0 Å². The third-order valence-corrected chi connectivity index (χ3v) is 4.87. The highest BCUT2D eigenvalue weighted by Gasteiger charge is 2.14. The molecule has 1 aromatic heterocycles. The Bertz CT molecular complexity index is 925. The molecule has 0 atom stereocenters. The number of hydrogen-bond acceptors (Lipinski definition) is 3. The average Bonchev–Trinajstić information content (AvgIpc) is 3.16. The smallest absolute Gasteiger partial charge is 0.265 e. The number of anilines is 1. The zero-order valence-corrected chi connectivity index (χ0v) is 15.7. The minimum Gasteiger partial charge on any atom is -0.337 e. The van der Waals surface area contributed by atoms with Gasteiger partial charge < -0.3 is 10.2 Å². The van der Waals surface area contributed by atoms with Crippen LogP contribution in [-0.2, 0) is 6.54 Å². The maximum absolute atomic E-state index is 12.7. The van der Waals surface area contributed by atoms with Crippen LogP contribution in [-0.4, -0.2) is 23.8 Å². The van der Waals surface area contributed by atoms with E-state index in [9.17, 15) is 9.59 Å². The average molecular weight is 385 g/mol. The molecule has 2 amide bonds. The van der Waals surface area contributed by atoms with E-state index in [-0.39, 0.29) is 11.8 Å². The number of carbonyl (C=O) groups excluding carboxylic acids is 2. The van der Waals surface area contributed by atoms with Crippen molar-refractivity contribution in [2.75, 3.05) is 12.4 Å². The molecule has 0 saturated carbocycles. The first-order chi connectivity index (χ1) is 12.5. The summed E-state index contributed by atoms with van der Waals surface area (Å²) in [6.45, 7) is 0.450. The Morgan fingerprint density at radius 1 is 1.08 bits per heavy atom. The Balaban J connectivity index is 1.70. The van der Waals surface area contributed by atoms with Gasteiger partial charge in [-0.05, 0) is 47.3 Å². The van der Waals surface area contributed by atoms with Gasteiger partial charge in [-0.3, -0.25) is 9.59 Å². The lowest BCUT2D eigenvalue weighted by Gasteiger charge is -2.18. The first kappa shape index (κ1) is 18.2. The Labute approximate surface area is 161 Å². The summed E-state index contributed by atoms with van der Waals surface area (Å²) in [5.41, 5.74) is 2.06. The summed E-state index contributed by atoms with van der Waals surface area (Å²) >= 11 is 7.36. The number of thiophene rings is 1. The van der Waals surface area contributed by atoms with Crippen LogP contribution in [0.5, 0.6) is 0 Å². The summed E-state index contributed by atoms with van der Waals surface area (Å²) in [6.07, 6.45) is 0. The molecule has 0 radical (unpaired) electrons. The van der Waals surface area contributed by atoms with Gasteiger partial charge >= 0.3 is 0 Å². The minimum absolute atomic E-state index is 0.128. The van der Waals surface area contributed by atoms with Crippen LogP contribution in [0.25, 0.3) is 0 Å². The zero-order valence-electron chi connectivity index (χ0n) is 14.1. The molecule has 0 aliphatic carbocycles. The molecule has 1 heterocycles. The van der Waals surface area contributed by atoms with Crippen LogP contribution in [0.4, 0.5) is 5.69 Å². The van der Waals surface area contributed by atoms with Gasteiger partial charge in [0.15, 0.2) is 0 Å². The molecule has 4 nitrogen and oxygen atoms in total. The highest BCUT2D eigenvalue weighted by atomic mass is 35.5. The Hall–Kier alpha value is -2.63. The number of benzene rings is 2. The molecule has 26 heavy (non-hydrogen) atoms. The maximum Gasteiger partial charge on any atom is 0.265 e. The van der Waals surface area contributed by atoms with Crippen molar-refractivity contribution in [3.05, 3.63) is 87.1 Å². The predicted octanol–water partition coefficient (Wildman–Crippen LogP) is 4.93. The molecule has 0 spiro atoms. The SMILES string of the molecule is CN(Cc1cccc(Cl)c1)C(=O)c1cccc(NC(=O)c2cccs2)c1. The highest BCUT2D eigenvalue weighted by molar-refractivity contribution is 7.12. The number of amides is 2. The van der Waals surface area contributed by atoms with E-state index in [0.29, 0.717) is 27.7 Å². The molecule has 6 heteroatoms. The lowest BCUT2D eigenvalue weighted by Crippen LogP contribution is -2.26. The van der Waals surface area contributed by atoms with E-state index < -0.39 is 0 Å². The fourth-order valence-corrected chi connectivity index (χ4v) is 3.36. The predicted molar refractivity (Wildman–Crippen MR) is 106 cm³/mol. The van der Waals surface area contributed by atoms with E-state index in [2.05, 4.69) is 5.32 Å². The third kappa shape index (κ3) is 4.50. The molecule has 0 aliphatic heterocycles. The monoisotopic (exact) mass is 384 g/mol. The van der Waals surface area contributed by atoms with Gasteiger partial charge in [-0.25, -0.2) is 0 Å². The molecular formula is C20H17ClN2O2S. The first-order valence-corrected chi connectivity index (χ1v) is 9.23. The fraction of sp³-hybridized carbons (Fsp3) is 0.100. The van der Waals surface area contributed by atoms with E-state index in [1.54, 1.807) is 48.3 Å². The number of hydrogen-bond donors (Lipinski definition) is 1. The summed E-state index contributed by atoms with van der Waals surface area (Å²) < 4.78 is 0. The van der Waals surface area contributed by atoms with Gasteiger partial charge in [0.05, 0.1) is 4.88 Å². The van der Waals surface area contributed by atoms with Gasteiger partial charge in [-0.2, -0.15) is 0 Å². The van der Waals surface area contributed by atoms with Crippen molar-refractivity contribution >= 4 is 40.4 Å². The molecule has 0 saturated heterocycles. The van der Waals surface area contributed by atoms with Gasteiger partial charge in [0.2, 0.25) is 0 Å². The Kier molecular flexibility index (Phi) is 5.71. The Morgan fingerprint density at radius 3 is 2.62 bits per heavy atom.